The topological polar surface area (TPSA) is 63.0 Å². The summed E-state index contributed by atoms with van der Waals surface area (Å²) < 4.78 is 36.2. The second kappa shape index (κ2) is 9.39. The van der Waals surface area contributed by atoms with Crippen molar-refractivity contribution in [3.8, 4) is 5.75 Å². The third kappa shape index (κ3) is 4.95. The summed E-state index contributed by atoms with van der Waals surface area (Å²) >= 11 is 0. The fourth-order valence-corrected chi connectivity index (χ4v) is 4.95. The van der Waals surface area contributed by atoms with Crippen molar-refractivity contribution in [1.29, 1.82) is 0 Å². The zero-order valence-corrected chi connectivity index (χ0v) is 19.3. The number of alkyl halides is 2. The molecule has 3 atom stereocenters. The van der Waals surface area contributed by atoms with Gasteiger partial charge >= 0.3 is 6.61 Å². The highest BCUT2D eigenvalue weighted by Gasteiger charge is 2.40. The molecule has 2 aromatic rings. The Labute approximate surface area is 197 Å². The standard InChI is InChI=1S/C26H30F2N2O4/c1-16-13-21(16)23-11-10-19(33-23)15-30(18-8-9-18)24(31)17-5-4-12-29(14-17)25(32)20-6-2-3-7-22(20)34-26(27)28/h2-3,6-7,10-11,16-18,21,26H,4-5,8-9,12-15H2,1H3. The number of likely N-dealkylation sites (tertiary alicyclic amines) is 1. The summed E-state index contributed by atoms with van der Waals surface area (Å²) in [6.07, 6.45) is 4.49. The fourth-order valence-electron chi connectivity index (χ4n) is 4.95. The molecule has 0 bridgehead atoms. The van der Waals surface area contributed by atoms with E-state index in [4.69, 9.17) is 4.42 Å². The van der Waals surface area contributed by atoms with Gasteiger partial charge in [0.2, 0.25) is 5.91 Å². The molecule has 1 aliphatic heterocycles. The Morgan fingerprint density at radius 3 is 2.65 bits per heavy atom. The van der Waals surface area contributed by atoms with Crippen LogP contribution in [0.1, 0.15) is 66.8 Å². The summed E-state index contributed by atoms with van der Waals surface area (Å²) in [7, 11) is 0. The summed E-state index contributed by atoms with van der Waals surface area (Å²) in [6, 6.07) is 10.2. The molecule has 182 valence electrons. The molecule has 2 aliphatic carbocycles. The van der Waals surface area contributed by atoms with Crippen LogP contribution >= 0.6 is 0 Å². The number of hydrogen-bond acceptors (Lipinski definition) is 4. The third-order valence-electron chi connectivity index (χ3n) is 7.15. The summed E-state index contributed by atoms with van der Waals surface area (Å²) in [5.74, 6) is 2.14. The van der Waals surface area contributed by atoms with E-state index < -0.39 is 6.61 Å². The van der Waals surface area contributed by atoms with Crippen molar-refractivity contribution in [1.82, 2.24) is 9.80 Å². The lowest BCUT2D eigenvalue weighted by Gasteiger charge is -2.35. The molecule has 3 unspecified atom stereocenters. The van der Waals surface area contributed by atoms with Crippen molar-refractivity contribution in [3.05, 3.63) is 53.5 Å². The summed E-state index contributed by atoms with van der Waals surface area (Å²) in [5.41, 5.74) is 0.0902. The Morgan fingerprint density at radius 1 is 1.18 bits per heavy atom. The summed E-state index contributed by atoms with van der Waals surface area (Å²) in [6.45, 7) is 0.395. The zero-order valence-electron chi connectivity index (χ0n) is 19.3. The van der Waals surface area contributed by atoms with Crippen LogP contribution in [-0.2, 0) is 11.3 Å². The maximum Gasteiger partial charge on any atom is 0.387 e. The molecule has 1 saturated heterocycles. The largest absolute Gasteiger partial charge is 0.464 e. The van der Waals surface area contributed by atoms with Crippen LogP contribution in [0.3, 0.4) is 0 Å². The van der Waals surface area contributed by atoms with E-state index in [0.29, 0.717) is 37.8 Å². The Kier molecular flexibility index (Phi) is 6.32. The molecule has 6 nitrogen and oxygen atoms in total. The summed E-state index contributed by atoms with van der Waals surface area (Å²) in [5, 5.41) is 0. The first-order valence-electron chi connectivity index (χ1n) is 12.1. The Balaban J connectivity index is 1.26. The van der Waals surface area contributed by atoms with E-state index in [0.717, 1.165) is 30.8 Å². The SMILES string of the molecule is CC1CC1c1ccc(CN(C(=O)C2CCCN(C(=O)c3ccccc3OC(F)F)C2)C2CC2)o1. The quantitative estimate of drug-likeness (QED) is 0.540. The number of carbonyl (C=O) groups excluding carboxylic acids is 2. The minimum Gasteiger partial charge on any atom is -0.464 e. The second-order valence-electron chi connectivity index (χ2n) is 9.79. The van der Waals surface area contributed by atoms with Crippen LogP contribution in [0, 0.1) is 11.8 Å². The van der Waals surface area contributed by atoms with E-state index in [1.165, 1.54) is 12.1 Å². The maximum atomic E-state index is 13.5. The van der Waals surface area contributed by atoms with Crippen molar-refractivity contribution in [2.45, 2.75) is 64.1 Å². The molecule has 2 amide bonds. The number of amides is 2. The van der Waals surface area contributed by atoms with Gasteiger partial charge in [-0.3, -0.25) is 9.59 Å². The first-order valence-corrected chi connectivity index (χ1v) is 12.1. The summed E-state index contributed by atoms with van der Waals surface area (Å²) in [4.78, 5) is 30.2. The molecular formula is C26H30F2N2O4. The molecule has 3 aliphatic rings. The van der Waals surface area contributed by atoms with Crippen LogP contribution in [0.15, 0.2) is 40.8 Å². The Hall–Kier alpha value is -2.90. The van der Waals surface area contributed by atoms with Gasteiger partial charge in [-0.25, -0.2) is 0 Å². The van der Waals surface area contributed by atoms with Crippen molar-refractivity contribution < 1.29 is 27.5 Å². The van der Waals surface area contributed by atoms with Crippen molar-refractivity contribution in [2.24, 2.45) is 11.8 Å². The molecule has 0 spiro atoms. The van der Waals surface area contributed by atoms with Gasteiger partial charge in [0.05, 0.1) is 18.0 Å². The lowest BCUT2D eigenvalue weighted by Crippen LogP contribution is -2.47. The molecule has 2 saturated carbocycles. The van der Waals surface area contributed by atoms with E-state index in [1.807, 2.05) is 17.0 Å². The number of ether oxygens (including phenoxy) is 1. The highest BCUT2D eigenvalue weighted by atomic mass is 19.3. The van der Waals surface area contributed by atoms with E-state index in [1.54, 1.807) is 17.0 Å². The number of rotatable bonds is 8. The Morgan fingerprint density at radius 2 is 1.94 bits per heavy atom. The van der Waals surface area contributed by atoms with Crippen molar-refractivity contribution >= 4 is 11.8 Å². The monoisotopic (exact) mass is 472 g/mol. The van der Waals surface area contributed by atoms with E-state index in [2.05, 4.69) is 11.7 Å². The average Bonchev–Trinajstić information content (AvgIpc) is 3.76. The molecular weight excluding hydrogens is 442 g/mol. The average molecular weight is 473 g/mol. The zero-order chi connectivity index (χ0) is 23.8. The van der Waals surface area contributed by atoms with E-state index >= 15 is 0 Å². The molecule has 8 heteroatoms. The number of para-hydroxylation sites is 1. The first kappa shape index (κ1) is 22.9. The van der Waals surface area contributed by atoms with Crippen molar-refractivity contribution in [3.63, 3.8) is 0 Å². The minimum atomic E-state index is -3.01. The van der Waals surface area contributed by atoms with Gasteiger partial charge in [0, 0.05) is 25.0 Å². The van der Waals surface area contributed by atoms with Gasteiger partial charge in [-0.2, -0.15) is 8.78 Å². The molecule has 2 heterocycles. The number of carbonyl (C=O) groups is 2. The molecule has 0 N–H and O–H groups in total. The van der Waals surface area contributed by atoms with Crippen LogP contribution in [-0.4, -0.2) is 47.4 Å². The predicted octanol–water partition coefficient (Wildman–Crippen LogP) is 5.05. The molecule has 3 fully saturated rings. The van der Waals surface area contributed by atoms with Crippen LogP contribution in [0.4, 0.5) is 8.78 Å². The van der Waals surface area contributed by atoms with Gasteiger partial charge in [0.1, 0.15) is 17.3 Å². The maximum absolute atomic E-state index is 13.5. The number of hydrogen-bond donors (Lipinski definition) is 0. The molecule has 5 rings (SSSR count). The highest BCUT2D eigenvalue weighted by molar-refractivity contribution is 5.97. The Bertz CT molecular complexity index is 1050. The molecule has 1 aromatic heterocycles. The lowest BCUT2D eigenvalue weighted by molar-refractivity contribution is -0.138. The number of nitrogens with zero attached hydrogens (tertiary/aromatic N) is 2. The smallest absolute Gasteiger partial charge is 0.387 e. The number of benzene rings is 1. The molecule has 34 heavy (non-hydrogen) atoms. The molecule has 1 aromatic carbocycles. The van der Waals surface area contributed by atoms with Crippen LogP contribution in [0.5, 0.6) is 5.75 Å². The lowest BCUT2D eigenvalue weighted by atomic mass is 9.95. The van der Waals surface area contributed by atoms with E-state index in [9.17, 15) is 18.4 Å². The van der Waals surface area contributed by atoms with Gasteiger partial charge in [0.25, 0.3) is 5.91 Å². The van der Waals surface area contributed by atoms with Gasteiger partial charge in [-0.15, -0.1) is 0 Å². The number of piperidine rings is 1. The fraction of sp³-hybridized carbons (Fsp3) is 0.538. The predicted molar refractivity (Wildman–Crippen MR) is 121 cm³/mol. The number of halogens is 2. The van der Waals surface area contributed by atoms with Crippen LogP contribution < -0.4 is 4.74 Å². The molecule has 0 radical (unpaired) electrons. The van der Waals surface area contributed by atoms with Gasteiger partial charge in [-0.1, -0.05) is 19.1 Å². The number of furan rings is 1. The van der Waals surface area contributed by atoms with Gasteiger partial charge in [0.15, 0.2) is 0 Å². The van der Waals surface area contributed by atoms with Crippen LogP contribution in [0.2, 0.25) is 0 Å². The van der Waals surface area contributed by atoms with Gasteiger partial charge < -0.3 is 19.0 Å². The van der Waals surface area contributed by atoms with E-state index in [-0.39, 0.29) is 41.6 Å². The van der Waals surface area contributed by atoms with Crippen LogP contribution in [0.25, 0.3) is 0 Å². The van der Waals surface area contributed by atoms with Crippen molar-refractivity contribution in [2.75, 3.05) is 13.1 Å². The second-order valence-corrected chi connectivity index (χ2v) is 9.79. The normalized spacial score (nSPS) is 24.2. The highest BCUT2D eigenvalue weighted by Crippen LogP contribution is 2.47. The van der Waals surface area contributed by atoms with Gasteiger partial charge in [-0.05, 0) is 62.3 Å². The minimum absolute atomic E-state index is 0.0369. The first-order chi connectivity index (χ1) is 16.4. The third-order valence-corrected chi connectivity index (χ3v) is 7.15.